The number of hydrogen-bond donors (Lipinski definition) is 0. The van der Waals surface area contributed by atoms with Crippen molar-refractivity contribution in [3.63, 3.8) is 0 Å². The van der Waals surface area contributed by atoms with Crippen molar-refractivity contribution in [1.29, 1.82) is 0 Å². The van der Waals surface area contributed by atoms with Gasteiger partial charge in [-0.2, -0.15) is 0 Å². The SMILES string of the molecule is CCc1nc2cccc(C)c2c(=O)n1N1CC1C(=O)OC(C)(C)C. The molecule has 6 heteroatoms. The van der Waals surface area contributed by atoms with Gasteiger partial charge in [0.15, 0.2) is 6.04 Å². The molecule has 0 spiro atoms. The number of aromatic nitrogens is 2. The summed E-state index contributed by atoms with van der Waals surface area (Å²) in [6.45, 7) is 9.83. The van der Waals surface area contributed by atoms with Gasteiger partial charge in [0.2, 0.25) is 0 Å². The first-order valence-corrected chi connectivity index (χ1v) is 8.24. The van der Waals surface area contributed by atoms with Crippen molar-refractivity contribution >= 4 is 16.9 Å². The van der Waals surface area contributed by atoms with E-state index in [1.54, 1.807) is 9.69 Å². The third-order valence-electron chi connectivity index (χ3n) is 3.99. The van der Waals surface area contributed by atoms with E-state index in [0.29, 0.717) is 29.7 Å². The Morgan fingerprint density at radius 2 is 2.08 bits per heavy atom. The lowest BCUT2D eigenvalue weighted by Gasteiger charge is -2.20. The maximum Gasteiger partial charge on any atom is 0.332 e. The summed E-state index contributed by atoms with van der Waals surface area (Å²) in [5, 5.41) is 2.33. The molecule has 0 radical (unpaired) electrons. The quantitative estimate of drug-likeness (QED) is 0.636. The van der Waals surface area contributed by atoms with Crippen LogP contribution < -0.4 is 10.6 Å². The van der Waals surface area contributed by atoms with Gasteiger partial charge in [0.1, 0.15) is 11.4 Å². The number of carbonyl (C=O) groups is 1. The molecule has 2 heterocycles. The van der Waals surface area contributed by atoms with E-state index in [0.717, 1.165) is 5.56 Å². The summed E-state index contributed by atoms with van der Waals surface area (Å²) in [6.07, 6.45) is 0.608. The van der Waals surface area contributed by atoms with Crippen LogP contribution in [0.4, 0.5) is 0 Å². The van der Waals surface area contributed by atoms with Crippen LogP contribution in [0.1, 0.15) is 39.1 Å². The lowest BCUT2D eigenvalue weighted by molar-refractivity contribution is -0.153. The van der Waals surface area contributed by atoms with Crippen molar-refractivity contribution < 1.29 is 9.53 Å². The normalized spacial score (nSPS) is 17.2. The minimum Gasteiger partial charge on any atom is -0.458 e. The lowest BCUT2D eigenvalue weighted by atomic mass is 10.1. The van der Waals surface area contributed by atoms with Crippen LogP contribution in [0.25, 0.3) is 10.9 Å². The second kappa shape index (κ2) is 5.61. The highest BCUT2D eigenvalue weighted by molar-refractivity contribution is 5.84. The molecule has 0 N–H and O–H groups in total. The Morgan fingerprint density at radius 1 is 1.38 bits per heavy atom. The molecule has 1 atom stereocenters. The monoisotopic (exact) mass is 329 g/mol. The van der Waals surface area contributed by atoms with E-state index in [1.165, 1.54) is 0 Å². The molecule has 0 aliphatic carbocycles. The molecule has 1 fully saturated rings. The molecule has 128 valence electrons. The van der Waals surface area contributed by atoms with E-state index >= 15 is 0 Å². The first-order chi connectivity index (χ1) is 11.2. The minimum atomic E-state index is -0.540. The van der Waals surface area contributed by atoms with Crippen LogP contribution in [0.5, 0.6) is 0 Å². The molecule has 1 aliphatic rings. The van der Waals surface area contributed by atoms with E-state index < -0.39 is 11.6 Å². The molecule has 3 rings (SSSR count). The molecule has 2 aromatic rings. The van der Waals surface area contributed by atoms with Gasteiger partial charge < -0.3 is 4.74 Å². The van der Waals surface area contributed by atoms with Crippen molar-refractivity contribution in [2.24, 2.45) is 0 Å². The number of aryl methyl sites for hydroxylation is 2. The van der Waals surface area contributed by atoms with Gasteiger partial charge in [-0.3, -0.25) is 9.80 Å². The highest BCUT2D eigenvalue weighted by atomic mass is 16.6. The molecule has 1 unspecified atom stereocenters. The molecular formula is C18H23N3O3. The highest BCUT2D eigenvalue weighted by Crippen LogP contribution is 2.22. The van der Waals surface area contributed by atoms with Crippen molar-refractivity contribution in [2.45, 2.75) is 52.7 Å². The van der Waals surface area contributed by atoms with Crippen LogP contribution in [0.15, 0.2) is 23.0 Å². The number of hydrogen-bond acceptors (Lipinski definition) is 5. The summed E-state index contributed by atoms with van der Waals surface area (Å²) < 4.78 is 6.97. The number of rotatable bonds is 3. The van der Waals surface area contributed by atoms with Crippen LogP contribution in [0.2, 0.25) is 0 Å². The largest absolute Gasteiger partial charge is 0.458 e. The molecule has 1 aromatic carbocycles. The number of fused-ring (bicyclic) bond motifs is 1. The lowest BCUT2D eigenvalue weighted by Crippen LogP contribution is -2.37. The van der Waals surface area contributed by atoms with Crippen LogP contribution in [-0.2, 0) is 16.0 Å². The Labute approximate surface area is 141 Å². The summed E-state index contributed by atoms with van der Waals surface area (Å²) in [6, 6.07) is 5.22. The van der Waals surface area contributed by atoms with Gasteiger partial charge in [0.25, 0.3) is 5.56 Å². The fraction of sp³-hybridized carbons (Fsp3) is 0.500. The first-order valence-electron chi connectivity index (χ1n) is 8.24. The van der Waals surface area contributed by atoms with Crippen LogP contribution in [0, 0.1) is 6.92 Å². The van der Waals surface area contributed by atoms with Gasteiger partial charge in [-0.05, 0) is 39.3 Å². The Morgan fingerprint density at radius 3 is 2.71 bits per heavy atom. The Hall–Kier alpha value is -2.37. The average molecular weight is 329 g/mol. The molecular weight excluding hydrogens is 306 g/mol. The second-order valence-electron chi connectivity index (χ2n) is 7.14. The summed E-state index contributed by atoms with van der Waals surface area (Å²) >= 11 is 0. The van der Waals surface area contributed by atoms with Gasteiger partial charge >= 0.3 is 5.97 Å². The summed E-state index contributed by atoms with van der Waals surface area (Å²) in [4.78, 5) is 29.9. The minimum absolute atomic E-state index is 0.124. The highest BCUT2D eigenvalue weighted by Gasteiger charge is 2.45. The number of benzene rings is 1. The van der Waals surface area contributed by atoms with Crippen LogP contribution in [0.3, 0.4) is 0 Å². The molecule has 0 bridgehead atoms. The van der Waals surface area contributed by atoms with Gasteiger partial charge in [0, 0.05) is 6.42 Å². The predicted molar refractivity (Wildman–Crippen MR) is 92.8 cm³/mol. The molecule has 1 saturated heterocycles. The zero-order valence-corrected chi connectivity index (χ0v) is 14.8. The third kappa shape index (κ3) is 2.88. The molecule has 0 amide bonds. The van der Waals surface area contributed by atoms with Gasteiger partial charge in [-0.25, -0.2) is 14.5 Å². The zero-order chi connectivity index (χ0) is 17.6. The third-order valence-corrected chi connectivity index (χ3v) is 3.99. The number of nitrogens with zero attached hydrogens (tertiary/aromatic N) is 3. The second-order valence-corrected chi connectivity index (χ2v) is 7.14. The Bertz CT molecular complexity index is 864. The molecule has 1 aromatic heterocycles. The topological polar surface area (TPSA) is 64.2 Å². The van der Waals surface area contributed by atoms with E-state index in [1.807, 2.05) is 52.8 Å². The van der Waals surface area contributed by atoms with Gasteiger partial charge in [-0.1, -0.05) is 19.1 Å². The summed E-state index contributed by atoms with van der Waals surface area (Å²) in [5.41, 5.74) is 0.920. The standard InChI is InChI=1S/C18H23N3O3/c1-6-14-19-12-9-7-8-11(2)15(12)16(22)21(14)20-10-13(20)17(23)24-18(3,4)5/h7-9,13H,6,10H2,1-5H3. The van der Waals surface area contributed by atoms with Crippen molar-refractivity contribution in [2.75, 3.05) is 11.6 Å². The van der Waals surface area contributed by atoms with E-state index in [2.05, 4.69) is 4.98 Å². The van der Waals surface area contributed by atoms with Crippen molar-refractivity contribution in [1.82, 2.24) is 9.66 Å². The smallest absolute Gasteiger partial charge is 0.332 e. The number of carbonyl (C=O) groups excluding carboxylic acids is 1. The predicted octanol–water partition coefficient (Wildman–Crippen LogP) is 1.93. The average Bonchev–Trinajstić information content (AvgIpc) is 3.25. The number of ether oxygens (including phenoxy) is 1. The zero-order valence-electron chi connectivity index (χ0n) is 14.8. The van der Waals surface area contributed by atoms with Crippen molar-refractivity contribution in [3.05, 3.63) is 39.9 Å². The van der Waals surface area contributed by atoms with Crippen LogP contribution >= 0.6 is 0 Å². The van der Waals surface area contributed by atoms with E-state index in [9.17, 15) is 9.59 Å². The summed E-state index contributed by atoms with van der Waals surface area (Å²) in [5.74, 6) is 0.352. The maximum atomic E-state index is 13.0. The fourth-order valence-corrected chi connectivity index (χ4v) is 2.84. The fourth-order valence-electron chi connectivity index (χ4n) is 2.84. The molecule has 6 nitrogen and oxygen atoms in total. The van der Waals surface area contributed by atoms with E-state index in [4.69, 9.17) is 4.74 Å². The van der Waals surface area contributed by atoms with Crippen molar-refractivity contribution in [3.8, 4) is 0 Å². The molecule has 0 saturated carbocycles. The van der Waals surface area contributed by atoms with Gasteiger partial charge in [0.05, 0.1) is 17.4 Å². The van der Waals surface area contributed by atoms with Gasteiger partial charge in [-0.15, -0.1) is 0 Å². The molecule has 1 aliphatic heterocycles. The Kier molecular flexibility index (Phi) is 3.86. The summed E-state index contributed by atoms with van der Waals surface area (Å²) in [7, 11) is 0. The maximum absolute atomic E-state index is 13.0. The first kappa shape index (κ1) is 16.5. The van der Waals surface area contributed by atoms with Crippen LogP contribution in [-0.4, -0.2) is 33.8 Å². The Balaban J connectivity index is 2.02. The molecule has 24 heavy (non-hydrogen) atoms. The number of esters is 1. The van der Waals surface area contributed by atoms with E-state index in [-0.39, 0.29) is 11.5 Å².